The summed E-state index contributed by atoms with van der Waals surface area (Å²) in [5.74, 6) is -2.32. The van der Waals surface area contributed by atoms with E-state index in [4.69, 9.17) is 18.9 Å². The van der Waals surface area contributed by atoms with Crippen LogP contribution in [0.15, 0.2) is 60.7 Å². The topological polar surface area (TPSA) is 151 Å². The Morgan fingerprint density at radius 3 is 0.954 bits per heavy atom. The third kappa shape index (κ3) is 42.9. The van der Waals surface area contributed by atoms with Gasteiger partial charge in [-0.2, -0.15) is 0 Å². The molecule has 0 aliphatic heterocycles. The van der Waals surface area contributed by atoms with E-state index in [1.807, 2.05) is 50.2 Å². The number of hydrogen-bond donors (Lipinski definition) is 0. The molecule has 0 saturated carbocycles. The van der Waals surface area contributed by atoms with Crippen LogP contribution in [0.25, 0.3) is 0 Å². The van der Waals surface area contributed by atoms with Gasteiger partial charge >= 0.3 is 60.8 Å². The summed E-state index contributed by atoms with van der Waals surface area (Å²) >= 11 is 0. The number of aliphatic carboxylic acids is 2. The van der Waals surface area contributed by atoms with E-state index < -0.39 is 11.9 Å². The quantitative estimate of drug-likeness (QED) is 0.0358. The molecule has 4 unspecified atom stereocenters. The molecular formula is C54H86BaO10. The summed E-state index contributed by atoms with van der Waals surface area (Å²) in [5, 5.41) is 21.2. The summed E-state index contributed by atoms with van der Waals surface area (Å²) in [5.41, 5.74) is 2.35. The molecule has 0 aliphatic rings. The van der Waals surface area contributed by atoms with Crippen LogP contribution in [0, 0.1) is 0 Å². The van der Waals surface area contributed by atoms with Crippen molar-refractivity contribution < 1.29 is 48.3 Å². The fourth-order valence-electron chi connectivity index (χ4n) is 7.89. The molecule has 11 heteroatoms. The van der Waals surface area contributed by atoms with E-state index in [-0.39, 0.29) is 98.1 Å². The van der Waals surface area contributed by atoms with Gasteiger partial charge in [-0.3, -0.25) is 9.59 Å². The standard InChI is InChI=1S/2C27H44O5.Ba/c2*1-23(32-24(2)28)16-10-7-5-3-4-6-8-13-19-26(20-14-15-21-27(29)30)31-22-25-17-11-9-12-18-25;/h2*9,11-12,17-18,23,26H,3-8,10,13-16,19-22H2,1-2H3,(H,29,30);/q;;+2/p-2. The van der Waals surface area contributed by atoms with Gasteiger partial charge in [0.1, 0.15) is 0 Å². The minimum absolute atomic E-state index is 0. The zero-order valence-electron chi connectivity index (χ0n) is 41.1. The number of esters is 2. The Morgan fingerprint density at radius 1 is 0.415 bits per heavy atom. The number of carbonyl (C=O) groups excluding carboxylic acids is 4. The van der Waals surface area contributed by atoms with Gasteiger partial charge in [-0.05, 0) is 102 Å². The fourth-order valence-corrected chi connectivity index (χ4v) is 7.89. The third-order valence-electron chi connectivity index (χ3n) is 11.5. The van der Waals surface area contributed by atoms with Crippen molar-refractivity contribution in [1.82, 2.24) is 0 Å². The molecule has 2 rings (SSSR count). The first-order valence-electron chi connectivity index (χ1n) is 25.0. The minimum Gasteiger partial charge on any atom is -0.550 e. The van der Waals surface area contributed by atoms with Crippen LogP contribution in [0.4, 0.5) is 0 Å². The van der Waals surface area contributed by atoms with E-state index in [1.165, 1.54) is 102 Å². The summed E-state index contributed by atoms with van der Waals surface area (Å²) in [7, 11) is 0. The van der Waals surface area contributed by atoms with E-state index in [0.717, 1.165) is 77.0 Å². The molecule has 10 nitrogen and oxygen atoms in total. The van der Waals surface area contributed by atoms with Crippen LogP contribution in [0.5, 0.6) is 0 Å². The molecular weight excluding hydrogens is 946 g/mol. The van der Waals surface area contributed by atoms with Gasteiger partial charge < -0.3 is 38.7 Å². The maximum atomic E-state index is 10.9. The number of carboxylic acid groups (broad SMARTS) is 2. The van der Waals surface area contributed by atoms with Crippen LogP contribution in [0.3, 0.4) is 0 Å². The van der Waals surface area contributed by atoms with Crippen molar-refractivity contribution in [1.29, 1.82) is 0 Å². The fraction of sp³-hybridized carbons (Fsp3) is 0.704. The van der Waals surface area contributed by atoms with Gasteiger partial charge in [0.05, 0.1) is 37.6 Å². The number of carbonyl (C=O) groups is 4. The predicted octanol–water partition coefficient (Wildman–Crippen LogP) is 11.1. The molecule has 0 N–H and O–H groups in total. The van der Waals surface area contributed by atoms with Gasteiger partial charge in [-0.25, -0.2) is 0 Å². The second-order valence-corrected chi connectivity index (χ2v) is 17.7. The first-order chi connectivity index (χ1) is 30.9. The second kappa shape index (κ2) is 44.3. The maximum absolute atomic E-state index is 10.9. The Hall–Kier alpha value is -2.19. The molecule has 0 spiro atoms. The predicted molar refractivity (Wildman–Crippen MR) is 258 cm³/mol. The number of hydrogen-bond acceptors (Lipinski definition) is 10. The largest absolute Gasteiger partial charge is 2.00 e. The van der Waals surface area contributed by atoms with Crippen molar-refractivity contribution in [2.24, 2.45) is 0 Å². The molecule has 65 heavy (non-hydrogen) atoms. The van der Waals surface area contributed by atoms with Crippen molar-refractivity contribution >= 4 is 72.8 Å². The summed E-state index contributed by atoms with van der Waals surface area (Å²) in [6.07, 6.45) is 29.0. The molecule has 0 aromatic heterocycles. The Bertz CT molecular complexity index is 1320. The molecule has 364 valence electrons. The Kier molecular flexibility index (Phi) is 42.8. The summed E-state index contributed by atoms with van der Waals surface area (Å²) in [6, 6.07) is 20.4. The van der Waals surface area contributed by atoms with E-state index in [1.54, 1.807) is 0 Å². The maximum Gasteiger partial charge on any atom is 2.00 e. The number of benzene rings is 2. The van der Waals surface area contributed by atoms with Crippen molar-refractivity contribution in [2.75, 3.05) is 0 Å². The Labute approximate surface area is 434 Å². The van der Waals surface area contributed by atoms with Crippen LogP contribution >= 0.6 is 0 Å². The number of carboxylic acids is 2. The molecule has 0 amide bonds. The van der Waals surface area contributed by atoms with Crippen molar-refractivity contribution in [3.8, 4) is 0 Å². The van der Waals surface area contributed by atoms with Gasteiger partial charge in [-0.15, -0.1) is 0 Å². The molecule has 2 aromatic rings. The number of rotatable bonds is 40. The monoisotopic (exact) mass is 1030 g/mol. The van der Waals surface area contributed by atoms with Gasteiger partial charge in [0.25, 0.3) is 0 Å². The molecule has 4 atom stereocenters. The van der Waals surface area contributed by atoms with E-state index in [9.17, 15) is 29.4 Å². The van der Waals surface area contributed by atoms with Crippen molar-refractivity contribution in [3.63, 3.8) is 0 Å². The summed E-state index contributed by atoms with van der Waals surface area (Å²) < 4.78 is 22.6. The zero-order valence-corrected chi connectivity index (χ0v) is 45.5. The Balaban J connectivity index is 0.00000124. The van der Waals surface area contributed by atoms with E-state index in [0.29, 0.717) is 26.1 Å². The van der Waals surface area contributed by atoms with Crippen LogP contribution in [0.1, 0.15) is 219 Å². The zero-order chi connectivity index (χ0) is 46.9. The average Bonchev–Trinajstić information content (AvgIpc) is 3.25. The second-order valence-electron chi connectivity index (χ2n) is 17.7. The van der Waals surface area contributed by atoms with Gasteiger partial charge in [0, 0.05) is 25.8 Å². The Morgan fingerprint density at radius 2 is 0.677 bits per heavy atom. The normalized spacial score (nSPS) is 12.7. The SMILES string of the molecule is CC(=O)OC(C)CCCCCCCCCCC(CCCCC(=O)[O-])OCc1ccccc1.CC(=O)OC(C)CCCCCCCCCCC(CCCCC(=O)[O-])OCc1ccccc1.[Ba+2]. The summed E-state index contributed by atoms with van der Waals surface area (Å²) in [6.45, 7) is 8.07. The minimum atomic E-state index is -0.967. The van der Waals surface area contributed by atoms with Crippen LogP contribution < -0.4 is 10.2 Å². The van der Waals surface area contributed by atoms with Gasteiger partial charge in [0.2, 0.25) is 0 Å². The number of unbranched alkanes of at least 4 members (excludes halogenated alkanes) is 16. The summed E-state index contributed by atoms with van der Waals surface area (Å²) in [4.78, 5) is 43.0. The van der Waals surface area contributed by atoms with E-state index in [2.05, 4.69) is 24.3 Å². The molecule has 0 fully saturated rings. The van der Waals surface area contributed by atoms with Crippen LogP contribution in [-0.4, -0.2) is 97.2 Å². The third-order valence-corrected chi connectivity index (χ3v) is 11.5. The molecule has 0 heterocycles. The molecule has 0 saturated heterocycles. The van der Waals surface area contributed by atoms with Crippen molar-refractivity contribution in [3.05, 3.63) is 71.8 Å². The smallest absolute Gasteiger partial charge is 0.550 e. The molecule has 0 bridgehead atoms. The van der Waals surface area contributed by atoms with Gasteiger partial charge in [0.15, 0.2) is 0 Å². The molecule has 2 aromatic carbocycles. The first-order valence-corrected chi connectivity index (χ1v) is 25.0. The van der Waals surface area contributed by atoms with Gasteiger partial charge in [-0.1, -0.05) is 163 Å². The van der Waals surface area contributed by atoms with Crippen molar-refractivity contribution in [2.45, 2.75) is 245 Å². The first kappa shape index (κ1) is 62.8. The average molecular weight is 1030 g/mol. The molecule has 0 aliphatic carbocycles. The van der Waals surface area contributed by atoms with Crippen LogP contribution in [0.2, 0.25) is 0 Å². The number of ether oxygens (including phenoxy) is 4. The van der Waals surface area contributed by atoms with E-state index >= 15 is 0 Å². The molecule has 0 radical (unpaired) electrons. The van der Waals surface area contributed by atoms with Crippen LogP contribution in [-0.2, 0) is 51.3 Å².